The van der Waals surface area contributed by atoms with Crippen molar-refractivity contribution in [3.63, 3.8) is 0 Å². The Morgan fingerprint density at radius 1 is 0.767 bits per heavy atom. The Balaban J connectivity index is 3.66. The number of carbonyl (C=O) groups is 1. The predicted molar refractivity (Wildman–Crippen MR) is 126 cm³/mol. The van der Waals surface area contributed by atoms with E-state index in [-0.39, 0.29) is 19.2 Å². The van der Waals surface area contributed by atoms with Crippen LogP contribution in [0.15, 0.2) is 72.9 Å². The maximum absolute atomic E-state index is 11.6. The Labute approximate surface area is 183 Å². The molecule has 168 valence electrons. The van der Waals surface area contributed by atoms with E-state index in [1.807, 2.05) is 12.2 Å². The Hall–Kier alpha value is -2.17. The number of hydrogen-bond acceptors (Lipinski definition) is 4. The highest BCUT2D eigenvalue weighted by Gasteiger charge is 2.12. The lowest BCUT2D eigenvalue weighted by Gasteiger charge is -2.13. The summed E-state index contributed by atoms with van der Waals surface area (Å²) in [5.41, 5.74) is 0. The number of esters is 1. The Bertz CT molecular complexity index is 568. The zero-order valence-electron chi connectivity index (χ0n) is 18.7. The molecule has 0 saturated heterocycles. The van der Waals surface area contributed by atoms with Crippen molar-refractivity contribution in [3.8, 4) is 0 Å². The number of allylic oxidation sites excluding steroid dienone is 12. The van der Waals surface area contributed by atoms with Crippen molar-refractivity contribution < 1.29 is 19.4 Å². The summed E-state index contributed by atoms with van der Waals surface area (Å²) in [4.78, 5) is 11.6. The fraction of sp³-hybridized carbons (Fsp3) is 0.500. The normalized spacial score (nSPS) is 13.8. The van der Waals surface area contributed by atoms with Crippen LogP contribution in [0.25, 0.3) is 0 Å². The Morgan fingerprint density at radius 2 is 1.20 bits per heavy atom. The van der Waals surface area contributed by atoms with Gasteiger partial charge < -0.3 is 14.6 Å². The van der Waals surface area contributed by atoms with Crippen LogP contribution in [0, 0.1) is 0 Å². The third-order valence-corrected chi connectivity index (χ3v) is 3.97. The smallest absolute Gasteiger partial charge is 0.306 e. The van der Waals surface area contributed by atoms with E-state index in [0.717, 1.165) is 38.5 Å². The van der Waals surface area contributed by atoms with Gasteiger partial charge in [0.15, 0.2) is 0 Å². The van der Waals surface area contributed by atoms with Gasteiger partial charge in [-0.3, -0.25) is 4.79 Å². The molecule has 0 aromatic carbocycles. The van der Waals surface area contributed by atoms with E-state index in [0.29, 0.717) is 12.8 Å². The van der Waals surface area contributed by atoms with Gasteiger partial charge in [-0.15, -0.1) is 0 Å². The highest BCUT2D eigenvalue weighted by molar-refractivity contribution is 5.69. The molecule has 1 unspecified atom stereocenters. The molecule has 0 bridgehead atoms. The lowest BCUT2D eigenvalue weighted by Crippen LogP contribution is -2.26. The molecule has 0 amide bonds. The summed E-state index contributed by atoms with van der Waals surface area (Å²) in [5, 5.41) is 9.05. The molecule has 4 heteroatoms. The van der Waals surface area contributed by atoms with Crippen molar-refractivity contribution in [3.05, 3.63) is 72.9 Å². The number of aliphatic hydroxyl groups is 1. The molecule has 0 aromatic heterocycles. The average molecular weight is 417 g/mol. The van der Waals surface area contributed by atoms with Gasteiger partial charge in [0.25, 0.3) is 0 Å². The average Bonchev–Trinajstić information content (AvgIpc) is 2.75. The van der Waals surface area contributed by atoms with Crippen LogP contribution in [0.5, 0.6) is 0 Å². The van der Waals surface area contributed by atoms with Crippen LogP contribution >= 0.6 is 0 Å². The fourth-order valence-corrected chi connectivity index (χ4v) is 2.40. The van der Waals surface area contributed by atoms with E-state index in [1.54, 1.807) is 0 Å². The summed E-state index contributed by atoms with van der Waals surface area (Å²) in [6.45, 7) is 2.13. The molecule has 0 rings (SSSR count). The minimum atomic E-state index is -0.576. The fourth-order valence-electron chi connectivity index (χ4n) is 2.40. The first-order valence-corrected chi connectivity index (χ1v) is 10.9. The third kappa shape index (κ3) is 20.6. The quantitative estimate of drug-likeness (QED) is 0.219. The highest BCUT2D eigenvalue weighted by Crippen LogP contribution is 2.01. The lowest BCUT2D eigenvalue weighted by atomic mass is 10.2. The standard InChI is InChI=1S/C26H40O4/c1-3-4-5-6-7-8-9-10-11-12-13-14-15-16-17-18-19-20-21-22-26(28)30-25(23-27)24-29-2/h4-5,7-8,10-11,13-14,16-17,19-20,25,27H,3,6,9,12,15,18,21-24H2,1-2H3/b5-4-,8-7-,11-10-,14-13-,17-16-,20-19-. The van der Waals surface area contributed by atoms with E-state index in [1.165, 1.54) is 7.11 Å². The molecule has 0 aliphatic rings. The molecular formula is C26H40O4. The molecule has 0 radical (unpaired) electrons. The van der Waals surface area contributed by atoms with Crippen molar-refractivity contribution in [1.82, 2.24) is 0 Å². The van der Waals surface area contributed by atoms with Gasteiger partial charge >= 0.3 is 5.97 Å². The maximum Gasteiger partial charge on any atom is 0.306 e. The topological polar surface area (TPSA) is 55.8 Å². The first-order valence-electron chi connectivity index (χ1n) is 10.9. The minimum Gasteiger partial charge on any atom is -0.457 e. The second-order valence-corrected chi connectivity index (χ2v) is 6.70. The summed E-state index contributed by atoms with van der Waals surface area (Å²) >= 11 is 0. The highest BCUT2D eigenvalue weighted by atomic mass is 16.6. The van der Waals surface area contributed by atoms with Gasteiger partial charge in [0.05, 0.1) is 13.2 Å². The number of ether oxygens (including phenoxy) is 2. The van der Waals surface area contributed by atoms with E-state index < -0.39 is 6.10 Å². The summed E-state index contributed by atoms with van der Waals surface area (Å²) in [6, 6.07) is 0. The third-order valence-electron chi connectivity index (χ3n) is 3.97. The van der Waals surface area contributed by atoms with Crippen LogP contribution in [0.4, 0.5) is 0 Å². The van der Waals surface area contributed by atoms with Crippen molar-refractivity contribution in [1.29, 1.82) is 0 Å². The molecule has 0 aliphatic heterocycles. The molecule has 0 saturated carbocycles. The van der Waals surface area contributed by atoms with Crippen molar-refractivity contribution >= 4 is 5.97 Å². The van der Waals surface area contributed by atoms with Gasteiger partial charge in [-0.25, -0.2) is 0 Å². The van der Waals surface area contributed by atoms with E-state index in [2.05, 4.69) is 67.7 Å². The summed E-state index contributed by atoms with van der Waals surface area (Å²) in [7, 11) is 1.51. The summed E-state index contributed by atoms with van der Waals surface area (Å²) in [5.74, 6) is -0.314. The molecule has 30 heavy (non-hydrogen) atoms. The molecule has 0 heterocycles. The van der Waals surface area contributed by atoms with E-state index in [4.69, 9.17) is 14.6 Å². The number of carbonyl (C=O) groups excluding carboxylic acids is 1. The van der Waals surface area contributed by atoms with Gasteiger partial charge in [0, 0.05) is 13.5 Å². The molecule has 0 fully saturated rings. The van der Waals surface area contributed by atoms with E-state index in [9.17, 15) is 4.79 Å². The minimum absolute atomic E-state index is 0.210. The van der Waals surface area contributed by atoms with Crippen LogP contribution in [-0.2, 0) is 14.3 Å². The van der Waals surface area contributed by atoms with Crippen LogP contribution in [0.3, 0.4) is 0 Å². The Kier molecular flexibility index (Phi) is 21.4. The van der Waals surface area contributed by atoms with Crippen LogP contribution < -0.4 is 0 Å². The number of methoxy groups -OCH3 is 1. The SMILES string of the molecule is CC/C=C\C/C=C\C/C=C\C/C=C\C/C=C\C/C=C\CCC(=O)OC(CO)COC. The van der Waals surface area contributed by atoms with Crippen LogP contribution in [0.1, 0.15) is 58.3 Å². The zero-order valence-corrected chi connectivity index (χ0v) is 18.7. The van der Waals surface area contributed by atoms with Gasteiger partial charge in [-0.05, 0) is 44.9 Å². The first kappa shape index (κ1) is 27.8. The first-order chi connectivity index (χ1) is 14.7. The Morgan fingerprint density at radius 3 is 1.60 bits per heavy atom. The summed E-state index contributed by atoms with van der Waals surface area (Å²) < 4.78 is 9.97. The maximum atomic E-state index is 11.6. The number of aliphatic hydroxyl groups excluding tert-OH is 1. The van der Waals surface area contributed by atoms with E-state index >= 15 is 0 Å². The van der Waals surface area contributed by atoms with Gasteiger partial charge in [0.1, 0.15) is 6.10 Å². The lowest BCUT2D eigenvalue weighted by molar-refractivity contribution is -0.153. The van der Waals surface area contributed by atoms with Crippen molar-refractivity contribution in [2.45, 2.75) is 64.4 Å². The molecule has 4 nitrogen and oxygen atoms in total. The van der Waals surface area contributed by atoms with Crippen LogP contribution in [0.2, 0.25) is 0 Å². The second-order valence-electron chi connectivity index (χ2n) is 6.70. The molecular weight excluding hydrogens is 376 g/mol. The van der Waals surface area contributed by atoms with Gasteiger partial charge in [0.2, 0.25) is 0 Å². The van der Waals surface area contributed by atoms with Crippen LogP contribution in [-0.4, -0.2) is 37.5 Å². The zero-order chi connectivity index (χ0) is 22.1. The van der Waals surface area contributed by atoms with Gasteiger partial charge in [-0.1, -0.05) is 79.8 Å². The molecule has 0 spiro atoms. The monoisotopic (exact) mass is 416 g/mol. The summed E-state index contributed by atoms with van der Waals surface area (Å²) in [6.07, 6.45) is 32.0. The molecule has 0 aliphatic carbocycles. The predicted octanol–water partition coefficient (Wildman–Crippen LogP) is 6.01. The number of rotatable bonds is 18. The molecule has 1 atom stereocenters. The van der Waals surface area contributed by atoms with Crippen molar-refractivity contribution in [2.75, 3.05) is 20.3 Å². The van der Waals surface area contributed by atoms with Gasteiger partial charge in [-0.2, -0.15) is 0 Å². The largest absolute Gasteiger partial charge is 0.457 e. The molecule has 1 N–H and O–H groups in total. The number of hydrogen-bond donors (Lipinski definition) is 1. The second kappa shape index (κ2) is 23.1. The molecule has 0 aromatic rings. The van der Waals surface area contributed by atoms with Crippen molar-refractivity contribution in [2.24, 2.45) is 0 Å².